The number of hydrogen-bond donors (Lipinski definition) is 1. The lowest BCUT2D eigenvalue weighted by molar-refractivity contribution is 0.432. The SMILES string of the molecule is CCn1cc(C(C)NCc2nc(C)c(C)o2)cn1. The standard InChI is InChI=1S/C13H20N4O/c1-5-17-8-12(6-15-17)10(3)14-7-13-16-9(2)11(4)18-13/h6,8,10,14H,5,7H2,1-4H3. The van der Waals surface area contributed by atoms with Crippen LogP contribution in [0.1, 0.15) is 42.8 Å². The highest BCUT2D eigenvalue weighted by molar-refractivity contribution is 5.10. The number of oxazole rings is 1. The van der Waals surface area contributed by atoms with Crippen molar-refractivity contribution in [1.82, 2.24) is 20.1 Å². The summed E-state index contributed by atoms with van der Waals surface area (Å²) in [6.45, 7) is 9.60. The Bertz CT molecular complexity index is 495. The molecule has 0 spiro atoms. The third-order valence-electron chi connectivity index (χ3n) is 3.11. The van der Waals surface area contributed by atoms with Crippen molar-refractivity contribution in [1.29, 1.82) is 0 Å². The maximum atomic E-state index is 5.53. The zero-order valence-electron chi connectivity index (χ0n) is 11.4. The summed E-state index contributed by atoms with van der Waals surface area (Å²) >= 11 is 0. The van der Waals surface area contributed by atoms with Crippen molar-refractivity contribution in [2.45, 2.75) is 46.8 Å². The number of aromatic nitrogens is 3. The summed E-state index contributed by atoms with van der Waals surface area (Å²) in [5, 5.41) is 7.65. The summed E-state index contributed by atoms with van der Waals surface area (Å²) in [7, 11) is 0. The molecule has 2 aromatic heterocycles. The van der Waals surface area contributed by atoms with Crippen LogP contribution in [0.15, 0.2) is 16.8 Å². The molecule has 1 atom stereocenters. The molecule has 0 aromatic carbocycles. The van der Waals surface area contributed by atoms with Gasteiger partial charge >= 0.3 is 0 Å². The average Bonchev–Trinajstić information content (AvgIpc) is 2.94. The molecule has 1 N–H and O–H groups in total. The second-order valence-corrected chi connectivity index (χ2v) is 4.48. The summed E-state index contributed by atoms with van der Waals surface area (Å²) in [6.07, 6.45) is 3.96. The van der Waals surface area contributed by atoms with Crippen LogP contribution in [0, 0.1) is 13.8 Å². The summed E-state index contributed by atoms with van der Waals surface area (Å²) in [6, 6.07) is 0.234. The maximum absolute atomic E-state index is 5.53. The number of hydrogen-bond acceptors (Lipinski definition) is 4. The Balaban J connectivity index is 1.93. The van der Waals surface area contributed by atoms with Gasteiger partial charge in [0.1, 0.15) is 5.76 Å². The highest BCUT2D eigenvalue weighted by atomic mass is 16.4. The van der Waals surface area contributed by atoms with Gasteiger partial charge in [-0.25, -0.2) is 4.98 Å². The molecule has 0 saturated heterocycles. The lowest BCUT2D eigenvalue weighted by Gasteiger charge is -2.09. The molecule has 0 bridgehead atoms. The van der Waals surface area contributed by atoms with E-state index in [0.717, 1.165) is 23.9 Å². The van der Waals surface area contributed by atoms with E-state index < -0.39 is 0 Å². The van der Waals surface area contributed by atoms with Gasteiger partial charge < -0.3 is 9.73 Å². The molecule has 0 fully saturated rings. The Kier molecular flexibility index (Phi) is 3.81. The monoisotopic (exact) mass is 248 g/mol. The maximum Gasteiger partial charge on any atom is 0.208 e. The van der Waals surface area contributed by atoms with Gasteiger partial charge in [0, 0.05) is 24.3 Å². The topological polar surface area (TPSA) is 55.9 Å². The lowest BCUT2D eigenvalue weighted by atomic mass is 10.2. The molecule has 0 amide bonds. The molecule has 1 unspecified atom stereocenters. The largest absolute Gasteiger partial charge is 0.444 e. The Labute approximate surface area is 107 Å². The number of nitrogens with one attached hydrogen (secondary N) is 1. The lowest BCUT2D eigenvalue weighted by Crippen LogP contribution is -2.17. The van der Waals surface area contributed by atoms with Gasteiger partial charge in [0.15, 0.2) is 0 Å². The Morgan fingerprint density at radius 2 is 2.22 bits per heavy atom. The van der Waals surface area contributed by atoms with Crippen LogP contribution in [-0.2, 0) is 13.1 Å². The smallest absolute Gasteiger partial charge is 0.208 e. The van der Waals surface area contributed by atoms with E-state index in [1.54, 1.807) is 0 Å². The molecule has 5 nitrogen and oxygen atoms in total. The van der Waals surface area contributed by atoms with E-state index in [2.05, 4.69) is 35.4 Å². The van der Waals surface area contributed by atoms with Crippen LogP contribution in [0.2, 0.25) is 0 Å². The molecule has 0 aliphatic carbocycles. The predicted molar refractivity (Wildman–Crippen MR) is 69.1 cm³/mol. The predicted octanol–water partition coefficient (Wildman–Crippen LogP) is 2.36. The van der Waals surface area contributed by atoms with Gasteiger partial charge in [-0.2, -0.15) is 5.10 Å². The zero-order valence-corrected chi connectivity index (χ0v) is 11.4. The van der Waals surface area contributed by atoms with Crippen LogP contribution in [0.25, 0.3) is 0 Å². The third-order valence-corrected chi connectivity index (χ3v) is 3.11. The second-order valence-electron chi connectivity index (χ2n) is 4.48. The van der Waals surface area contributed by atoms with Gasteiger partial charge in [-0.3, -0.25) is 4.68 Å². The van der Waals surface area contributed by atoms with Crippen molar-refractivity contribution in [3.63, 3.8) is 0 Å². The van der Waals surface area contributed by atoms with Crippen molar-refractivity contribution in [2.24, 2.45) is 0 Å². The molecule has 18 heavy (non-hydrogen) atoms. The van der Waals surface area contributed by atoms with E-state index in [1.807, 2.05) is 24.7 Å². The van der Waals surface area contributed by atoms with Crippen molar-refractivity contribution >= 4 is 0 Å². The normalized spacial score (nSPS) is 12.9. The molecule has 0 aliphatic heterocycles. The Hall–Kier alpha value is -1.62. The fourth-order valence-corrected chi connectivity index (χ4v) is 1.75. The summed E-state index contributed by atoms with van der Waals surface area (Å²) < 4.78 is 7.46. The minimum absolute atomic E-state index is 0.234. The van der Waals surface area contributed by atoms with Crippen molar-refractivity contribution < 1.29 is 4.42 Å². The second kappa shape index (κ2) is 5.35. The molecule has 98 valence electrons. The molecular weight excluding hydrogens is 228 g/mol. The van der Waals surface area contributed by atoms with Crippen LogP contribution in [0.4, 0.5) is 0 Å². The van der Waals surface area contributed by atoms with Crippen LogP contribution >= 0.6 is 0 Å². The van der Waals surface area contributed by atoms with Crippen LogP contribution in [0.3, 0.4) is 0 Å². The van der Waals surface area contributed by atoms with Gasteiger partial charge in [0.05, 0.1) is 18.4 Å². The van der Waals surface area contributed by atoms with E-state index in [4.69, 9.17) is 4.42 Å². The molecule has 0 aliphatic rings. The van der Waals surface area contributed by atoms with Crippen LogP contribution < -0.4 is 5.32 Å². The van der Waals surface area contributed by atoms with E-state index >= 15 is 0 Å². The molecule has 0 radical (unpaired) electrons. The van der Waals surface area contributed by atoms with E-state index in [1.165, 1.54) is 5.56 Å². The number of nitrogens with zero attached hydrogens (tertiary/aromatic N) is 3. The fourth-order valence-electron chi connectivity index (χ4n) is 1.75. The van der Waals surface area contributed by atoms with Gasteiger partial charge in [-0.05, 0) is 27.7 Å². The molecular formula is C13H20N4O. The zero-order chi connectivity index (χ0) is 13.1. The van der Waals surface area contributed by atoms with Crippen molar-refractivity contribution in [2.75, 3.05) is 0 Å². The fraction of sp³-hybridized carbons (Fsp3) is 0.538. The first kappa shape index (κ1) is 12.8. The minimum Gasteiger partial charge on any atom is -0.444 e. The summed E-state index contributed by atoms with van der Waals surface area (Å²) in [5.41, 5.74) is 2.13. The van der Waals surface area contributed by atoms with Gasteiger partial charge in [-0.1, -0.05) is 0 Å². The number of rotatable bonds is 5. The van der Waals surface area contributed by atoms with Crippen LogP contribution in [0.5, 0.6) is 0 Å². The van der Waals surface area contributed by atoms with Crippen molar-refractivity contribution in [3.8, 4) is 0 Å². The van der Waals surface area contributed by atoms with Crippen LogP contribution in [-0.4, -0.2) is 14.8 Å². The Morgan fingerprint density at radius 1 is 1.44 bits per heavy atom. The molecule has 0 saturated carbocycles. The van der Waals surface area contributed by atoms with Gasteiger partial charge in [0.2, 0.25) is 5.89 Å². The number of aryl methyl sites for hydroxylation is 3. The first-order valence-electron chi connectivity index (χ1n) is 6.28. The molecule has 2 rings (SSSR count). The molecule has 2 heterocycles. The average molecular weight is 248 g/mol. The summed E-state index contributed by atoms with van der Waals surface area (Å²) in [5.74, 6) is 1.62. The van der Waals surface area contributed by atoms with Gasteiger partial charge in [0.25, 0.3) is 0 Å². The highest BCUT2D eigenvalue weighted by Gasteiger charge is 2.10. The van der Waals surface area contributed by atoms with E-state index in [-0.39, 0.29) is 6.04 Å². The highest BCUT2D eigenvalue weighted by Crippen LogP contribution is 2.13. The summed E-state index contributed by atoms with van der Waals surface area (Å²) in [4.78, 5) is 4.35. The van der Waals surface area contributed by atoms with E-state index in [9.17, 15) is 0 Å². The van der Waals surface area contributed by atoms with E-state index in [0.29, 0.717) is 6.54 Å². The van der Waals surface area contributed by atoms with Gasteiger partial charge in [-0.15, -0.1) is 0 Å². The molecule has 2 aromatic rings. The Morgan fingerprint density at radius 3 is 2.78 bits per heavy atom. The quantitative estimate of drug-likeness (QED) is 0.882. The third kappa shape index (κ3) is 2.79. The van der Waals surface area contributed by atoms with Crippen molar-refractivity contribution in [3.05, 3.63) is 35.3 Å². The molecule has 5 heteroatoms. The minimum atomic E-state index is 0.234. The first-order chi connectivity index (χ1) is 8.60. The first-order valence-corrected chi connectivity index (χ1v) is 6.28.